The van der Waals surface area contributed by atoms with Crippen molar-refractivity contribution in [3.63, 3.8) is 0 Å². The molecule has 0 radical (unpaired) electrons. The maximum Gasteiger partial charge on any atom is 0.296 e. The molecule has 0 aliphatic carbocycles. The maximum atomic E-state index is 14.2. The van der Waals surface area contributed by atoms with E-state index in [9.17, 15) is 23.5 Å². The Kier molecular flexibility index (Phi) is 6.39. The number of carbonyl (C=O) groups excluding carboxylic acids is 1. The van der Waals surface area contributed by atoms with Crippen LogP contribution < -0.4 is 10.9 Å². The van der Waals surface area contributed by atoms with Crippen LogP contribution in [0.4, 0.5) is 14.5 Å². The number of hydrogen-bond donors (Lipinski definition) is 2. The Bertz CT molecular complexity index is 1470. The molecule has 4 aromatic rings. The summed E-state index contributed by atoms with van der Waals surface area (Å²) < 4.78 is 35.3. The molecule has 3 heterocycles. The highest BCUT2D eigenvalue weighted by Crippen LogP contribution is 2.41. The van der Waals surface area contributed by atoms with Crippen LogP contribution >= 0.6 is 11.6 Å². The lowest BCUT2D eigenvalue weighted by Gasteiger charge is -2.26. The second-order valence-corrected chi connectivity index (χ2v) is 8.31. The molecule has 0 aliphatic rings. The first-order chi connectivity index (χ1) is 16.6. The van der Waals surface area contributed by atoms with Gasteiger partial charge in [0.05, 0.1) is 12.4 Å². The smallest absolute Gasteiger partial charge is 0.296 e. The summed E-state index contributed by atoms with van der Waals surface area (Å²) in [5.41, 5.74) is -0.418. The number of aromatic hydroxyl groups is 1. The number of benzene rings is 1. The molecule has 0 saturated heterocycles. The molecule has 3 aromatic heterocycles. The van der Waals surface area contributed by atoms with E-state index in [1.165, 1.54) is 24.1 Å². The zero-order valence-electron chi connectivity index (χ0n) is 18.7. The largest absolute Gasteiger partial charge is 0.501 e. The van der Waals surface area contributed by atoms with Crippen molar-refractivity contribution in [2.45, 2.75) is 18.8 Å². The van der Waals surface area contributed by atoms with Crippen LogP contribution in [0.25, 0.3) is 0 Å². The number of nitrogens with zero attached hydrogens (tertiary/aromatic N) is 5. The quantitative estimate of drug-likeness (QED) is 0.385. The fraction of sp³-hybridized carbons (Fsp3) is 0.227. The van der Waals surface area contributed by atoms with E-state index in [1.807, 2.05) is 0 Å². The number of nitrogens with one attached hydrogen (secondary N) is 1. The van der Waals surface area contributed by atoms with Crippen LogP contribution in [-0.2, 0) is 14.1 Å². The molecule has 0 spiro atoms. The predicted octanol–water partition coefficient (Wildman–Crippen LogP) is 3.33. The van der Waals surface area contributed by atoms with Crippen LogP contribution in [0.2, 0.25) is 5.02 Å². The fourth-order valence-electron chi connectivity index (χ4n) is 3.89. The van der Waals surface area contributed by atoms with Crippen LogP contribution in [0.5, 0.6) is 5.75 Å². The third kappa shape index (κ3) is 4.52. The Labute approximate surface area is 201 Å². The van der Waals surface area contributed by atoms with E-state index in [4.69, 9.17) is 11.6 Å². The first kappa shape index (κ1) is 24.1. The summed E-state index contributed by atoms with van der Waals surface area (Å²) in [6.45, 7) is 1.68. The molecule has 0 unspecified atom stereocenters. The van der Waals surface area contributed by atoms with E-state index < -0.39 is 46.4 Å². The molecule has 0 saturated carbocycles. The summed E-state index contributed by atoms with van der Waals surface area (Å²) >= 11 is 6.30. The lowest BCUT2D eigenvalue weighted by molar-refractivity contribution is 0.101. The van der Waals surface area contributed by atoms with E-state index in [1.54, 1.807) is 20.2 Å². The van der Waals surface area contributed by atoms with Crippen LogP contribution in [-0.4, -0.2) is 35.5 Å². The van der Waals surface area contributed by atoms with Crippen molar-refractivity contribution in [2.75, 3.05) is 5.32 Å². The lowest BCUT2D eigenvalue weighted by Crippen LogP contribution is -2.29. The number of aromatic nitrogens is 5. The zero-order chi connectivity index (χ0) is 25.4. The number of hydrogen-bond acceptors (Lipinski definition) is 7. The number of amides is 1. The van der Waals surface area contributed by atoms with Crippen LogP contribution in [0.1, 0.15) is 46.2 Å². The molecule has 2 N–H and O–H groups in total. The van der Waals surface area contributed by atoms with E-state index in [0.717, 1.165) is 23.0 Å². The van der Waals surface area contributed by atoms with Crippen molar-refractivity contribution in [3.05, 3.63) is 86.6 Å². The third-order valence-corrected chi connectivity index (χ3v) is 5.90. The molecule has 0 fully saturated rings. The molecule has 35 heavy (non-hydrogen) atoms. The van der Waals surface area contributed by atoms with Gasteiger partial charge in [-0.3, -0.25) is 18.8 Å². The standard InChI is InChI=1S/C22H19ClF2N6O4/c1-10(17(11-6-26-30(2)8-11)13-4-15(24)16(25)5-14(13)23)20-29-18(19(32)22(34)31(20)3)21(33)28-12-7-27-35-9-12/h4-10,17,32H,1-3H3,(H,28,33)/t10-,17+/m0/s1. The molecule has 13 heteroatoms. The van der Waals surface area contributed by atoms with Gasteiger partial charge in [0.15, 0.2) is 17.3 Å². The second-order valence-electron chi connectivity index (χ2n) is 7.90. The number of halogens is 3. The summed E-state index contributed by atoms with van der Waals surface area (Å²) in [7, 11) is 3.05. The Balaban J connectivity index is 1.86. The third-order valence-electron chi connectivity index (χ3n) is 5.57. The summed E-state index contributed by atoms with van der Waals surface area (Å²) in [5.74, 6) is -5.34. The van der Waals surface area contributed by atoms with Gasteiger partial charge in [-0.1, -0.05) is 23.7 Å². The first-order valence-electron chi connectivity index (χ1n) is 10.2. The number of carbonyl (C=O) groups is 1. The highest BCUT2D eigenvalue weighted by atomic mass is 35.5. The maximum absolute atomic E-state index is 14.2. The Morgan fingerprint density at radius 1 is 1.23 bits per heavy atom. The van der Waals surface area contributed by atoms with Gasteiger partial charge in [0, 0.05) is 37.2 Å². The Morgan fingerprint density at radius 2 is 1.94 bits per heavy atom. The van der Waals surface area contributed by atoms with Crippen molar-refractivity contribution in [1.82, 2.24) is 24.5 Å². The molecular weight excluding hydrogens is 486 g/mol. The molecule has 0 bridgehead atoms. The predicted molar refractivity (Wildman–Crippen MR) is 120 cm³/mol. The number of rotatable bonds is 6. The Hall–Kier alpha value is -4.06. The van der Waals surface area contributed by atoms with E-state index in [-0.39, 0.29) is 22.1 Å². The van der Waals surface area contributed by atoms with E-state index in [2.05, 4.69) is 25.1 Å². The number of anilines is 1. The number of aryl methyl sites for hydroxylation is 1. The lowest BCUT2D eigenvalue weighted by atomic mass is 9.82. The topological polar surface area (TPSA) is 128 Å². The minimum atomic E-state index is -1.11. The SMILES string of the molecule is C[C@H](c1nc(C(=O)Nc2cnoc2)c(O)c(=O)n1C)[C@H](c1cnn(C)c1)c1cc(F)c(F)cc1Cl. The molecule has 2 atom stereocenters. The summed E-state index contributed by atoms with van der Waals surface area (Å²) in [6.07, 6.45) is 5.57. The average Bonchev–Trinajstić information content (AvgIpc) is 3.47. The van der Waals surface area contributed by atoms with Crippen LogP contribution in [0.3, 0.4) is 0 Å². The summed E-state index contributed by atoms with van der Waals surface area (Å²) in [6, 6.07) is 1.84. The molecule has 0 aliphatic heterocycles. The summed E-state index contributed by atoms with van der Waals surface area (Å²) in [5, 5.41) is 20.3. The Morgan fingerprint density at radius 3 is 2.57 bits per heavy atom. The van der Waals surface area contributed by atoms with Gasteiger partial charge in [0.25, 0.3) is 11.5 Å². The molecule has 10 nitrogen and oxygen atoms in total. The van der Waals surface area contributed by atoms with Crippen LogP contribution in [0.15, 0.2) is 46.3 Å². The first-order valence-corrected chi connectivity index (χ1v) is 10.6. The molecule has 4 rings (SSSR count). The molecule has 182 valence electrons. The van der Waals surface area contributed by atoms with Gasteiger partial charge in [0.1, 0.15) is 17.8 Å². The van der Waals surface area contributed by atoms with Crippen molar-refractivity contribution in [3.8, 4) is 5.75 Å². The van der Waals surface area contributed by atoms with Gasteiger partial charge in [-0.2, -0.15) is 5.10 Å². The monoisotopic (exact) mass is 504 g/mol. The van der Waals surface area contributed by atoms with E-state index in [0.29, 0.717) is 5.56 Å². The molecule has 1 amide bonds. The van der Waals surface area contributed by atoms with Gasteiger partial charge < -0.3 is 14.9 Å². The van der Waals surface area contributed by atoms with Crippen molar-refractivity contribution < 1.29 is 23.2 Å². The molecular formula is C22H19ClF2N6O4. The highest BCUT2D eigenvalue weighted by Gasteiger charge is 2.32. The highest BCUT2D eigenvalue weighted by molar-refractivity contribution is 6.31. The molecule has 1 aromatic carbocycles. The normalized spacial score (nSPS) is 13.0. The minimum Gasteiger partial charge on any atom is -0.501 e. The van der Waals surface area contributed by atoms with Gasteiger partial charge >= 0.3 is 0 Å². The fourth-order valence-corrected chi connectivity index (χ4v) is 4.16. The zero-order valence-corrected chi connectivity index (χ0v) is 19.4. The van der Waals surface area contributed by atoms with Crippen LogP contribution in [0, 0.1) is 11.6 Å². The van der Waals surface area contributed by atoms with Gasteiger partial charge in [-0.25, -0.2) is 13.8 Å². The van der Waals surface area contributed by atoms with Gasteiger partial charge in [-0.15, -0.1) is 0 Å². The van der Waals surface area contributed by atoms with E-state index >= 15 is 0 Å². The van der Waals surface area contributed by atoms with Gasteiger partial charge in [-0.05, 0) is 23.3 Å². The average molecular weight is 505 g/mol. The van der Waals surface area contributed by atoms with Crippen molar-refractivity contribution >= 4 is 23.2 Å². The summed E-state index contributed by atoms with van der Waals surface area (Å²) in [4.78, 5) is 29.8. The van der Waals surface area contributed by atoms with Crippen molar-refractivity contribution in [1.29, 1.82) is 0 Å². The van der Waals surface area contributed by atoms with Crippen molar-refractivity contribution in [2.24, 2.45) is 14.1 Å². The second kappa shape index (κ2) is 9.29. The van der Waals surface area contributed by atoms with Gasteiger partial charge in [0.2, 0.25) is 5.75 Å². The minimum absolute atomic E-state index is 0.0428.